The molecular weight excluding hydrogens is 388 g/mol. The van der Waals surface area contributed by atoms with Gasteiger partial charge in [-0.3, -0.25) is 18.6 Å². The van der Waals surface area contributed by atoms with Crippen molar-refractivity contribution in [1.82, 2.24) is 18.9 Å². The first-order valence-electron chi connectivity index (χ1n) is 9.77. The topological polar surface area (TPSA) is 59.6 Å². The van der Waals surface area contributed by atoms with Gasteiger partial charge in [-0.25, -0.2) is 4.98 Å². The average molecular weight is 411 g/mol. The largest absolute Gasteiger partial charge is 0.337 e. The first-order valence-corrected chi connectivity index (χ1v) is 10.1. The minimum absolute atomic E-state index is 0.130. The molecular formula is C22H23ClN4O2. The molecule has 1 unspecified atom stereocenters. The van der Waals surface area contributed by atoms with Crippen LogP contribution in [0.5, 0.6) is 0 Å². The third-order valence-corrected chi connectivity index (χ3v) is 5.68. The number of amides is 1. The van der Waals surface area contributed by atoms with Crippen LogP contribution in [0.1, 0.15) is 30.3 Å². The number of fused-ring (bicyclic) bond motifs is 1. The molecule has 1 amide bonds. The number of nitrogens with zero attached hydrogens (tertiary/aromatic N) is 4. The van der Waals surface area contributed by atoms with Crippen molar-refractivity contribution in [2.45, 2.75) is 26.3 Å². The number of carbonyl (C=O) groups is 1. The molecule has 1 aliphatic rings. The Morgan fingerprint density at radius 2 is 2.14 bits per heavy atom. The molecule has 6 nitrogen and oxygen atoms in total. The van der Waals surface area contributed by atoms with Crippen LogP contribution < -0.4 is 5.56 Å². The molecule has 2 aromatic heterocycles. The summed E-state index contributed by atoms with van der Waals surface area (Å²) in [6, 6.07) is 7.35. The number of benzene rings is 1. The van der Waals surface area contributed by atoms with Crippen LogP contribution in [0.15, 0.2) is 54.1 Å². The van der Waals surface area contributed by atoms with Crippen molar-refractivity contribution in [3.8, 4) is 11.3 Å². The van der Waals surface area contributed by atoms with Crippen molar-refractivity contribution in [3.05, 3.63) is 70.4 Å². The van der Waals surface area contributed by atoms with Crippen LogP contribution in [0.2, 0.25) is 5.02 Å². The summed E-state index contributed by atoms with van der Waals surface area (Å²) in [7, 11) is 0. The number of piperidine rings is 1. The van der Waals surface area contributed by atoms with Gasteiger partial charge in [-0.1, -0.05) is 42.8 Å². The Bertz CT molecular complexity index is 1150. The molecule has 3 aromatic rings. The van der Waals surface area contributed by atoms with E-state index in [1.807, 2.05) is 23.1 Å². The van der Waals surface area contributed by atoms with Crippen molar-refractivity contribution < 1.29 is 4.79 Å². The van der Waals surface area contributed by atoms with E-state index in [0.717, 1.165) is 31.5 Å². The van der Waals surface area contributed by atoms with Gasteiger partial charge in [0.1, 0.15) is 5.69 Å². The van der Waals surface area contributed by atoms with Crippen LogP contribution in [0, 0.1) is 5.92 Å². The number of aromatic nitrogens is 3. The highest BCUT2D eigenvalue weighted by Gasteiger charge is 2.25. The maximum atomic E-state index is 13.2. The molecule has 0 bridgehead atoms. The first kappa shape index (κ1) is 19.5. The van der Waals surface area contributed by atoms with Gasteiger partial charge in [0.05, 0.1) is 5.69 Å². The van der Waals surface area contributed by atoms with Gasteiger partial charge >= 0.3 is 0 Å². The molecule has 29 heavy (non-hydrogen) atoms. The fourth-order valence-electron chi connectivity index (χ4n) is 3.91. The van der Waals surface area contributed by atoms with E-state index >= 15 is 0 Å². The van der Waals surface area contributed by atoms with Crippen molar-refractivity contribution in [2.75, 3.05) is 13.1 Å². The molecule has 3 heterocycles. The summed E-state index contributed by atoms with van der Waals surface area (Å²) >= 11 is 6.38. The molecule has 1 fully saturated rings. The number of likely N-dealkylation sites (tertiary alicyclic amines) is 1. The van der Waals surface area contributed by atoms with Crippen LogP contribution >= 0.6 is 11.6 Å². The highest BCUT2D eigenvalue weighted by molar-refractivity contribution is 6.33. The van der Waals surface area contributed by atoms with Crippen LogP contribution in [-0.2, 0) is 6.54 Å². The number of hydrogen-bond donors (Lipinski definition) is 0. The Hall–Kier alpha value is -2.86. The summed E-state index contributed by atoms with van der Waals surface area (Å²) in [5.74, 6) is 0.343. The summed E-state index contributed by atoms with van der Waals surface area (Å²) in [4.78, 5) is 32.3. The molecule has 150 valence electrons. The normalized spacial score (nSPS) is 16.9. The fourth-order valence-corrected chi connectivity index (χ4v) is 4.15. The average Bonchev–Trinajstić information content (AvgIpc) is 3.14. The van der Waals surface area contributed by atoms with E-state index < -0.39 is 0 Å². The maximum Gasteiger partial charge on any atom is 0.295 e. The standard InChI is InChI=1S/C22H23ClN4O2/c1-3-10-27-19(16-8-4-5-9-17(16)23)14-26-13-18(24-20(26)22(27)29)21(28)25-11-6-7-15(2)12-25/h3-5,8-9,13-15H,1,6-7,10-12H2,2H3. The Labute approximate surface area is 174 Å². The molecule has 0 saturated carbocycles. The summed E-state index contributed by atoms with van der Waals surface area (Å²) in [6.07, 6.45) is 7.20. The lowest BCUT2D eigenvalue weighted by atomic mass is 10.0. The van der Waals surface area contributed by atoms with Gasteiger partial charge in [0.25, 0.3) is 11.5 Å². The predicted molar refractivity (Wildman–Crippen MR) is 114 cm³/mol. The summed E-state index contributed by atoms with van der Waals surface area (Å²) < 4.78 is 3.20. The minimum atomic E-state index is -0.284. The van der Waals surface area contributed by atoms with Gasteiger partial charge in [-0.15, -0.1) is 6.58 Å². The van der Waals surface area contributed by atoms with Gasteiger partial charge in [0.2, 0.25) is 5.65 Å². The maximum absolute atomic E-state index is 13.2. The van der Waals surface area contributed by atoms with Crippen LogP contribution in [0.4, 0.5) is 0 Å². The second-order valence-electron chi connectivity index (χ2n) is 7.55. The van der Waals surface area contributed by atoms with Crippen LogP contribution in [0.3, 0.4) is 0 Å². The number of rotatable bonds is 4. The quantitative estimate of drug-likeness (QED) is 0.613. The Morgan fingerprint density at radius 1 is 1.34 bits per heavy atom. The van der Waals surface area contributed by atoms with E-state index in [2.05, 4.69) is 18.5 Å². The smallest absolute Gasteiger partial charge is 0.295 e. The molecule has 0 radical (unpaired) electrons. The molecule has 1 aliphatic heterocycles. The van der Waals surface area contributed by atoms with Gasteiger partial charge in [-0.05, 0) is 24.8 Å². The molecule has 1 atom stereocenters. The molecule has 0 N–H and O–H groups in total. The fraction of sp³-hybridized carbons (Fsp3) is 0.318. The number of halogens is 1. The van der Waals surface area contributed by atoms with Crippen molar-refractivity contribution in [3.63, 3.8) is 0 Å². The van der Waals surface area contributed by atoms with Gasteiger partial charge < -0.3 is 4.90 Å². The van der Waals surface area contributed by atoms with E-state index in [9.17, 15) is 9.59 Å². The third kappa shape index (κ3) is 3.60. The molecule has 4 rings (SSSR count). The van der Waals surface area contributed by atoms with Gasteiger partial charge in [0.15, 0.2) is 0 Å². The van der Waals surface area contributed by atoms with Crippen LogP contribution in [-0.4, -0.2) is 37.8 Å². The van der Waals surface area contributed by atoms with Crippen LogP contribution in [0.25, 0.3) is 16.9 Å². The molecule has 0 aliphatic carbocycles. The van der Waals surface area contributed by atoms with Crippen molar-refractivity contribution in [2.24, 2.45) is 5.92 Å². The highest BCUT2D eigenvalue weighted by atomic mass is 35.5. The predicted octanol–water partition coefficient (Wildman–Crippen LogP) is 3.87. The number of carbonyl (C=O) groups excluding carboxylic acids is 1. The lowest BCUT2D eigenvalue weighted by Crippen LogP contribution is -2.39. The lowest BCUT2D eigenvalue weighted by Gasteiger charge is -2.30. The van der Waals surface area contributed by atoms with E-state index in [4.69, 9.17) is 11.6 Å². The first-order chi connectivity index (χ1) is 14.0. The Kier molecular flexibility index (Phi) is 5.28. The monoisotopic (exact) mass is 410 g/mol. The number of hydrogen-bond acceptors (Lipinski definition) is 3. The second kappa shape index (κ2) is 7.87. The Balaban J connectivity index is 1.84. The molecule has 0 spiro atoms. The summed E-state index contributed by atoms with van der Waals surface area (Å²) in [5, 5.41) is 0.544. The zero-order valence-corrected chi connectivity index (χ0v) is 17.1. The molecule has 1 aromatic carbocycles. The SMILES string of the molecule is C=CCn1c(-c2ccccc2Cl)cn2cc(C(=O)N3CCCC(C)C3)nc2c1=O. The van der Waals surface area contributed by atoms with Gasteiger partial charge in [0, 0.05) is 42.6 Å². The number of imidazole rings is 1. The second-order valence-corrected chi connectivity index (χ2v) is 7.96. The highest BCUT2D eigenvalue weighted by Crippen LogP contribution is 2.27. The van der Waals surface area contributed by atoms with E-state index in [0.29, 0.717) is 23.2 Å². The molecule has 7 heteroatoms. The van der Waals surface area contributed by atoms with E-state index in [1.165, 1.54) is 0 Å². The zero-order valence-electron chi connectivity index (χ0n) is 16.3. The van der Waals surface area contributed by atoms with Crippen molar-refractivity contribution >= 4 is 23.2 Å². The number of allylic oxidation sites excluding steroid dienone is 1. The summed E-state index contributed by atoms with van der Waals surface area (Å²) in [6.45, 7) is 7.66. The molecule has 1 saturated heterocycles. The van der Waals surface area contributed by atoms with Crippen molar-refractivity contribution in [1.29, 1.82) is 0 Å². The zero-order chi connectivity index (χ0) is 20.5. The Morgan fingerprint density at radius 3 is 2.86 bits per heavy atom. The third-order valence-electron chi connectivity index (χ3n) is 5.35. The lowest BCUT2D eigenvalue weighted by molar-refractivity contribution is 0.0678. The minimum Gasteiger partial charge on any atom is -0.337 e. The van der Waals surface area contributed by atoms with Gasteiger partial charge in [-0.2, -0.15) is 0 Å². The van der Waals surface area contributed by atoms with E-state index in [1.54, 1.807) is 33.5 Å². The van der Waals surface area contributed by atoms with E-state index in [-0.39, 0.29) is 22.8 Å². The summed E-state index contributed by atoms with van der Waals surface area (Å²) in [5.41, 5.74) is 1.61.